The highest BCUT2D eigenvalue weighted by Crippen LogP contribution is 2.38. The fraction of sp³-hybridized carbons (Fsp3) is 0.736. The number of allylic oxidation sites excluding steroid dienone is 17. The fourth-order valence-corrected chi connectivity index (χ4v) is 10.2. The summed E-state index contributed by atoms with van der Waals surface area (Å²) in [6, 6.07) is -0.920. The first kappa shape index (κ1) is 78.2. The molecule has 0 saturated carbocycles. The van der Waals surface area contributed by atoms with Gasteiger partial charge in [-0.1, -0.05) is 303 Å². The Labute approximate surface area is 501 Å². The zero-order chi connectivity index (χ0) is 59.1. The van der Waals surface area contributed by atoms with E-state index in [0.29, 0.717) is 17.4 Å². The average molecular weight is 1150 g/mol. The number of nitrogens with zero attached hydrogens (tertiary/aromatic N) is 1. The molecule has 0 aliphatic rings. The maximum absolute atomic E-state index is 13.0. The van der Waals surface area contributed by atoms with E-state index in [0.717, 1.165) is 96.3 Å². The molecule has 8 nitrogen and oxygen atoms in total. The van der Waals surface area contributed by atoms with Crippen LogP contribution in [0.25, 0.3) is 0 Å². The molecule has 81 heavy (non-hydrogen) atoms. The van der Waals surface area contributed by atoms with Gasteiger partial charge in [-0.25, -0.2) is 0 Å². The molecule has 1 amide bonds. The minimum Gasteiger partial charge on any atom is -0.756 e. The number of phosphoric ester groups is 1. The molecule has 0 aromatic rings. The van der Waals surface area contributed by atoms with Crippen molar-refractivity contribution < 1.29 is 32.9 Å². The average Bonchev–Trinajstić information content (AvgIpc) is 3.43. The molecule has 0 spiro atoms. The number of carbonyl (C=O) groups excluding carboxylic acids is 1. The Morgan fingerprint density at radius 2 is 0.765 bits per heavy atom. The van der Waals surface area contributed by atoms with Gasteiger partial charge in [-0.15, -0.1) is 0 Å². The normalized spacial score (nSPS) is 14.4. The minimum atomic E-state index is -4.62. The van der Waals surface area contributed by atoms with Crippen LogP contribution < -0.4 is 10.2 Å². The SMILES string of the molecule is CC/C=C\C/C=C\C/C=C\C/C=C\C/C=C\C/C=C\C/C=C\CCCCCCCCCC(=O)NC(COP(=O)([O-])OCC[N+](C)(C)C)C(O)/C=C/CC/C=C/CCCCCCCCCCCCCCCCCCCCCCCCCC. The molecular formula is C72H129N2O6P. The number of hydrogen-bond acceptors (Lipinski definition) is 6. The Morgan fingerprint density at radius 1 is 0.444 bits per heavy atom. The lowest BCUT2D eigenvalue weighted by Gasteiger charge is -2.29. The smallest absolute Gasteiger partial charge is 0.268 e. The quantitative estimate of drug-likeness (QED) is 0.0272. The molecule has 2 N–H and O–H groups in total. The van der Waals surface area contributed by atoms with Crippen molar-refractivity contribution in [1.82, 2.24) is 5.32 Å². The molecule has 0 heterocycles. The molecule has 0 saturated heterocycles. The lowest BCUT2D eigenvalue weighted by Crippen LogP contribution is -2.45. The highest BCUT2D eigenvalue weighted by molar-refractivity contribution is 7.45. The Morgan fingerprint density at radius 3 is 1.15 bits per heavy atom. The van der Waals surface area contributed by atoms with E-state index in [-0.39, 0.29) is 12.5 Å². The van der Waals surface area contributed by atoms with E-state index in [2.05, 4.69) is 116 Å². The molecule has 9 heteroatoms. The summed E-state index contributed by atoms with van der Waals surface area (Å²) in [5, 5.41) is 13.9. The van der Waals surface area contributed by atoms with Crippen molar-refractivity contribution in [3.63, 3.8) is 0 Å². The number of nitrogens with one attached hydrogen (secondary N) is 1. The number of amides is 1. The fourth-order valence-electron chi connectivity index (χ4n) is 9.50. The van der Waals surface area contributed by atoms with Gasteiger partial charge < -0.3 is 28.8 Å². The molecule has 0 aromatic carbocycles. The standard InChI is InChI=1S/C72H129N2O6P/c1-6-8-10-12-14-16-18-20-22-24-26-28-30-32-34-36-38-39-41-43-45-47-49-51-53-55-57-59-61-63-65-71(75)70(69-80-81(77,78)79-68-67-74(3,4)5)73-72(76)66-64-62-60-58-56-54-52-50-48-46-44-42-40-37-35-33-31-29-27-25-23-21-19-17-15-13-11-9-7-2/h9,11,15,17,21,23,27,29,33,35,40,42,46,48,55,57,63,65,70-71,75H,6-8,10,12-14,16,18-20,22,24-26,28,30-32,34,36-39,41,43-45,47,49-54,56,58-62,64,66-69H2,1-5H3,(H-,73,76,77,78)/b11-9-,17-15-,23-21-,29-27-,35-33-,42-40-,48-46-,57-55+,65-63+. The van der Waals surface area contributed by atoms with Gasteiger partial charge in [0.15, 0.2) is 0 Å². The summed E-state index contributed by atoms with van der Waals surface area (Å²) in [6.45, 7) is 4.52. The highest BCUT2D eigenvalue weighted by atomic mass is 31.2. The largest absolute Gasteiger partial charge is 0.756 e. The molecule has 0 radical (unpaired) electrons. The molecule has 0 rings (SSSR count). The van der Waals surface area contributed by atoms with Crippen LogP contribution in [0.1, 0.15) is 290 Å². The van der Waals surface area contributed by atoms with Crippen molar-refractivity contribution in [3.8, 4) is 0 Å². The van der Waals surface area contributed by atoms with Gasteiger partial charge in [-0.3, -0.25) is 9.36 Å². The van der Waals surface area contributed by atoms with E-state index in [9.17, 15) is 19.4 Å². The van der Waals surface area contributed by atoms with Crippen molar-refractivity contribution in [3.05, 3.63) is 109 Å². The maximum atomic E-state index is 13.0. The van der Waals surface area contributed by atoms with Crippen LogP contribution >= 0.6 is 7.82 Å². The van der Waals surface area contributed by atoms with Crippen LogP contribution in [0.2, 0.25) is 0 Å². The number of rotatable bonds is 61. The Bertz CT molecular complexity index is 1690. The lowest BCUT2D eigenvalue weighted by molar-refractivity contribution is -0.870. The van der Waals surface area contributed by atoms with Gasteiger partial charge in [-0.2, -0.15) is 0 Å². The number of quaternary nitrogens is 1. The van der Waals surface area contributed by atoms with E-state index in [4.69, 9.17) is 9.05 Å². The maximum Gasteiger partial charge on any atom is 0.268 e. The summed E-state index contributed by atoms with van der Waals surface area (Å²) in [4.78, 5) is 25.6. The van der Waals surface area contributed by atoms with E-state index in [1.54, 1.807) is 6.08 Å². The summed E-state index contributed by atoms with van der Waals surface area (Å²) in [5.74, 6) is -0.220. The number of aliphatic hydroxyl groups is 1. The second kappa shape index (κ2) is 61.7. The third-order valence-corrected chi connectivity index (χ3v) is 15.7. The van der Waals surface area contributed by atoms with Crippen molar-refractivity contribution >= 4 is 13.7 Å². The Kier molecular flexibility index (Phi) is 59.5. The number of hydrogen-bond donors (Lipinski definition) is 2. The highest BCUT2D eigenvalue weighted by Gasteiger charge is 2.23. The number of aliphatic hydroxyl groups excluding tert-OH is 1. The lowest BCUT2D eigenvalue weighted by atomic mass is 10.0. The molecule has 3 unspecified atom stereocenters. The molecule has 0 aliphatic heterocycles. The zero-order valence-corrected chi connectivity index (χ0v) is 54.4. The summed E-state index contributed by atoms with van der Waals surface area (Å²) < 4.78 is 23.4. The Balaban J connectivity index is 4.20. The van der Waals surface area contributed by atoms with Gasteiger partial charge in [0.25, 0.3) is 7.82 Å². The number of unbranched alkanes of at least 4 members (excludes halogenated alkanes) is 32. The minimum absolute atomic E-state index is 0.0142. The predicted molar refractivity (Wildman–Crippen MR) is 352 cm³/mol. The van der Waals surface area contributed by atoms with Gasteiger partial charge in [0.1, 0.15) is 13.2 Å². The van der Waals surface area contributed by atoms with Crippen LogP contribution in [0.4, 0.5) is 0 Å². The van der Waals surface area contributed by atoms with Gasteiger partial charge in [0.2, 0.25) is 5.91 Å². The van der Waals surface area contributed by atoms with Gasteiger partial charge in [0, 0.05) is 6.42 Å². The third-order valence-electron chi connectivity index (χ3n) is 14.7. The molecule has 0 fully saturated rings. The summed E-state index contributed by atoms with van der Waals surface area (Å²) >= 11 is 0. The van der Waals surface area contributed by atoms with Crippen LogP contribution in [0, 0.1) is 0 Å². The number of carbonyl (C=O) groups is 1. The Hall–Kier alpha value is -2.84. The zero-order valence-electron chi connectivity index (χ0n) is 53.5. The molecule has 468 valence electrons. The van der Waals surface area contributed by atoms with Crippen molar-refractivity contribution in [2.75, 3.05) is 40.9 Å². The van der Waals surface area contributed by atoms with Crippen LogP contribution in [0.5, 0.6) is 0 Å². The first-order chi connectivity index (χ1) is 39.5. The van der Waals surface area contributed by atoms with Crippen LogP contribution in [0.15, 0.2) is 109 Å². The van der Waals surface area contributed by atoms with Crippen molar-refractivity contribution in [2.45, 2.75) is 302 Å². The second-order valence-corrected chi connectivity index (χ2v) is 25.2. The second-order valence-electron chi connectivity index (χ2n) is 23.8. The summed E-state index contributed by atoms with van der Waals surface area (Å²) in [7, 11) is 1.23. The summed E-state index contributed by atoms with van der Waals surface area (Å²) in [6.07, 6.45) is 90.6. The molecule has 0 aromatic heterocycles. The van der Waals surface area contributed by atoms with E-state index in [1.807, 2.05) is 27.2 Å². The van der Waals surface area contributed by atoms with E-state index in [1.165, 1.54) is 173 Å². The molecule has 0 bridgehead atoms. The molecule has 0 aliphatic carbocycles. The van der Waals surface area contributed by atoms with Crippen LogP contribution in [0.3, 0.4) is 0 Å². The number of likely N-dealkylation sites (N-methyl/N-ethyl adjacent to an activating group) is 1. The summed E-state index contributed by atoms with van der Waals surface area (Å²) in [5.41, 5.74) is 0. The topological polar surface area (TPSA) is 108 Å². The van der Waals surface area contributed by atoms with Crippen LogP contribution in [-0.4, -0.2) is 68.5 Å². The van der Waals surface area contributed by atoms with E-state index >= 15 is 0 Å². The molecule has 3 atom stereocenters. The van der Waals surface area contributed by atoms with E-state index < -0.39 is 26.6 Å². The van der Waals surface area contributed by atoms with Gasteiger partial charge in [-0.05, 0) is 89.9 Å². The van der Waals surface area contributed by atoms with Crippen molar-refractivity contribution in [2.24, 2.45) is 0 Å². The molecular weight excluding hydrogens is 1020 g/mol. The predicted octanol–water partition coefficient (Wildman–Crippen LogP) is 20.9. The van der Waals surface area contributed by atoms with Gasteiger partial charge in [0.05, 0.1) is 39.9 Å². The third kappa shape index (κ3) is 64.6. The van der Waals surface area contributed by atoms with Crippen LogP contribution in [-0.2, 0) is 18.4 Å². The first-order valence-corrected chi connectivity index (χ1v) is 35.2. The first-order valence-electron chi connectivity index (χ1n) is 33.7. The van der Waals surface area contributed by atoms with Gasteiger partial charge >= 0.3 is 0 Å². The number of phosphoric acid groups is 1. The monoisotopic (exact) mass is 1150 g/mol. The van der Waals surface area contributed by atoms with Crippen molar-refractivity contribution in [1.29, 1.82) is 0 Å².